The second-order valence-electron chi connectivity index (χ2n) is 26.3. The normalized spacial score (nSPS) is 14.1. The van der Waals surface area contributed by atoms with Gasteiger partial charge in [-0.15, -0.1) is 0 Å². The van der Waals surface area contributed by atoms with Gasteiger partial charge in [0.2, 0.25) is 5.91 Å². The van der Waals surface area contributed by atoms with Gasteiger partial charge >= 0.3 is 7.82 Å². The number of nitrogens with zero attached hydrogens (tertiary/aromatic N) is 1. The van der Waals surface area contributed by atoms with Gasteiger partial charge in [-0.25, -0.2) is 4.57 Å². The summed E-state index contributed by atoms with van der Waals surface area (Å²) in [5.41, 5.74) is 0. The molecule has 0 bridgehead atoms. The van der Waals surface area contributed by atoms with Crippen LogP contribution in [0.15, 0.2) is 97.2 Å². The molecule has 3 unspecified atom stereocenters. The lowest BCUT2D eigenvalue weighted by atomic mass is 10.0. The van der Waals surface area contributed by atoms with E-state index in [2.05, 4.69) is 104 Å². The van der Waals surface area contributed by atoms with Gasteiger partial charge in [0.15, 0.2) is 0 Å². The van der Waals surface area contributed by atoms with Crippen molar-refractivity contribution in [1.82, 2.24) is 5.32 Å². The van der Waals surface area contributed by atoms with Gasteiger partial charge in [-0.1, -0.05) is 342 Å². The van der Waals surface area contributed by atoms with Gasteiger partial charge in [0.25, 0.3) is 0 Å². The van der Waals surface area contributed by atoms with Crippen LogP contribution in [0.4, 0.5) is 0 Å². The van der Waals surface area contributed by atoms with Gasteiger partial charge in [-0.2, -0.15) is 0 Å². The quantitative estimate of drug-likeness (QED) is 0.0243. The fourth-order valence-corrected chi connectivity index (χ4v) is 11.5. The number of nitrogens with one attached hydrogen (secondary N) is 1. The number of aliphatic hydroxyl groups excluding tert-OH is 1. The van der Waals surface area contributed by atoms with E-state index in [0.29, 0.717) is 17.4 Å². The fraction of sp³-hybridized carbons (Fsp3) is 0.782. The minimum atomic E-state index is -4.37. The van der Waals surface area contributed by atoms with E-state index in [0.717, 1.165) is 77.0 Å². The SMILES string of the molecule is CC/C=C\C/C=C\C/C=C\C/C=C\C/C=C\CCCCCCCCCCCCCCCCCCCCCCCCCCCC(=O)NC(COP(=O)(O)OCC[N+](C)(C)C)C(O)/C=C/CC/C=C/CC/C=C/CCCCCCCCCCCCCCCC. The number of aliphatic hydroxyl groups is 1. The molecule has 0 radical (unpaired) electrons. The summed E-state index contributed by atoms with van der Waals surface area (Å²) in [5.74, 6) is -0.186. The van der Waals surface area contributed by atoms with E-state index in [9.17, 15) is 19.4 Å². The van der Waals surface area contributed by atoms with Gasteiger partial charge in [-0.05, 0) is 89.9 Å². The molecule has 0 saturated carbocycles. The summed E-state index contributed by atoms with van der Waals surface area (Å²) in [5, 5.41) is 14.0. The zero-order valence-electron chi connectivity index (χ0n) is 58.0. The summed E-state index contributed by atoms with van der Waals surface area (Å²) < 4.78 is 23.8. The average molecular weight is 1240 g/mol. The second-order valence-corrected chi connectivity index (χ2v) is 27.7. The summed E-state index contributed by atoms with van der Waals surface area (Å²) >= 11 is 0. The van der Waals surface area contributed by atoms with E-state index in [1.165, 1.54) is 244 Å². The Morgan fingerprint density at radius 2 is 0.701 bits per heavy atom. The van der Waals surface area contributed by atoms with Crippen LogP contribution in [-0.4, -0.2) is 73.4 Å². The number of carbonyl (C=O) groups excluding carboxylic acids is 1. The number of hydrogen-bond donors (Lipinski definition) is 3. The molecule has 1 amide bonds. The molecule has 3 atom stereocenters. The average Bonchev–Trinajstić information content (AvgIpc) is 3.71. The lowest BCUT2D eigenvalue weighted by molar-refractivity contribution is -0.870. The number of rotatable bonds is 68. The Labute approximate surface area is 540 Å². The molecule has 0 heterocycles. The standard InChI is InChI=1S/C78H143N2O6P/c1-6-8-10-12-14-16-18-20-22-24-26-28-30-32-33-34-35-36-37-38-39-40-41-42-43-44-45-46-47-48-50-52-54-56-58-60-62-64-66-68-70-72-78(82)79-76(75-86-87(83,84)85-74-73-80(3,4)5)77(81)71-69-67-65-63-61-59-57-55-53-51-49-31-29-27-25-23-21-19-17-15-13-11-9-7-2/h8,10,14,16,20,22,26,28,32-33,53,55,61,63,69,71,76-77,81H,6-7,9,11-13,15,17-19,21,23-25,27,29-31,34-52,54,56-60,62,64-68,70,72-75H2,1-5H3,(H-,79,82,83,84)/p+1/b10-8-,16-14-,22-20-,28-26-,33-32-,55-53+,63-61+,71-69+. The molecule has 0 rings (SSSR count). The maximum atomic E-state index is 13.1. The van der Waals surface area contributed by atoms with Crippen molar-refractivity contribution >= 4 is 13.7 Å². The Balaban J connectivity index is 3.99. The van der Waals surface area contributed by atoms with Crippen LogP contribution in [0.25, 0.3) is 0 Å². The Morgan fingerprint density at radius 3 is 1.06 bits per heavy atom. The molecule has 0 aliphatic carbocycles. The lowest BCUT2D eigenvalue weighted by Crippen LogP contribution is -2.45. The fourth-order valence-electron chi connectivity index (χ4n) is 10.8. The summed E-state index contributed by atoms with van der Waals surface area (Å²) in [6.45, 7) is 4.71. The summed E-state index contributed by atoms with van der Waals surface area (Å²) in [4.78, 5) is 23.4. The van der Waals surface area contributed by atoms with Crippen molar-refractivity contribution < 1.29 is 32.9 Å². The number of phosphoric ester groups is 1. The van der Waals surface area contributed by atoms with Gasteiger partial charge in [0.05, 0.1) is 39.9 Å². The van der Waals surface area contributed by atoms with Gasteiger partial charge in [-0.3, -0.25) is 13.8 Å². The molecular formula is C78H144N2O6P+. The maximum Gasteiger partial charge on any atom is 0.472 e. The molecule has 0 spiro atoms. The molecular weight excluding hydrogens is 1090 g/mol. The number of carbonyl (C=O) groups is 1. The Kier molecular flexibility index (Phi) is 65.8. The predicted molar refractivity (Wildman–Crippen MR) is 383 cm³/mol. The molecule has 8 nitrogen and oxygen atoms in total. The third-order valence-corrected chi connectivity index (χ3v) is 17.5. The van der Waals surface area contributed by atoms with Crippen molar-refractivity contribution in [2.75, 3.05) is 40.9 Å². The molecule has 0 fully saturated rings. The number of likely N-dealkylation sites (N-methyl/N-ethyl adjacent to an activating group) is 1. The first-order chi connectivity index (χ1) is 42.5. The van der Waals surface area contributed by atoms with Crippen LogP contribution >= 0.6 is 7.82 Å². The van der Waals surface area contributed by atoms with E-state index in [1.807, 2.05) is 27.2 Å². The van der Waals surface area contributed by atoms with Crippen LogP contribution in [0.3, 0.4) is 0 Å². The highest BCUT2D eigenvalue weighted by Gasteiger charge is 2.28. The minimum Gasteiger partial charge on any atom is -0.387 e. The van der Waals surface area contributed by atoms with Crippen LogP contribution in [0.2, 0.25) is 0 Å². The highest BCUT2D eigenvalue weighted by atomic mass is 31.2. The molecule has 506 valence electrons. The molecule has 9 heteroatoms. The molecule has 0 saturated heterocycles. The van der Waals surface area contributed by atoms with Gasteiger partial charge < -0.3 is 19.8 Å². The molecule has 87 heavy (non-hydrogen) atoms. The van der Waals surface area contributed by atoms with Crippen molar-refractivity contribution in [3.05, 3.63) is 97.2 Å². The first-order valence-corrected chi connectivity index (χ1v) is 38.6. The van der Waals surface area contributed by atoms with Crippen molar-refractivity contribution in [3.63, 3.8) is 0 Å². The van der Waals surface area contributed by atoms with Crippen molar-refractivity contribution in [1.29, 1.82) is 0 Å². The first kappa shape index (κ1) is 84.4. The zero-order chi connectivity index (χ0) is 63.4. The van der Waals surface area contributed by atoms with Crippen molar-refractivity contribution in [2.45, 2.75) is 353 Å². The van der Waals surface area contributed by atoms with Crippen LogP contribution in [0.1, 0.15) is 341 Å². The molecule has 0 aromatic carbocycles. The Hall–Kier alpha value is -2.58. The van der Waals surface area contributed by atoms with E-state index < -0.39 is 20.0 Å². The molecule has 0 aromatic heterocycles. The molecule has 0 aliphatic rings. The lowest BCUT2D eigenvalue weighted by Gasteiger charge is -2.25. The third-order valence-electron chi connectivity index (χ3n) is 16.5. The topological polar surface area (TPSA) is 105 Å². The van der Waals surface area contributed by atoms with Crippen molar-refractivity contribution in [2.24, 2.45) is 0 Å². The monoisotopic (exact) mass is 1240 g/mol. The second kappa shape index (κ2) is 67.8. The van der Waals surface area contributed by atoms with Crippen LogP contribution in [0, 0.1) is 0 Å². The number of amides is 1. The Morgan fingerprint density at radius 1 is 0.402 bits per heavy atom. The zero-order valence-corrected chi connectivity index (χ0v) is 58.9. The first-order valence-electron chi connectivity index (χ1n) is 37.1. The molecule has 0 aromatic rings. The van der Waals surface area contributed by atoms with Crippen LogP contribution < -0.4 is 5.32 Å². The predicted octanol–water partition coefficient (Wildman–Crippen LogP) is 24.1. The van der Waals surface area contributed by atoms with Crippen molar-refractivity contribution in [3.8, 4) is 0 Å². The van der Waals surface area contributed by atoms with Crippen LogP contribution in [-0.2, 0) is 18.4 Å². The summed E-state index contributed by atoms with van der Waals surface area (Å²) in [6, 6.07) is -0.873. The van der Waals surface area contributed by atoms with Gasteiger partial charge in [0, 0.05) is 6.42 Å². The maximum absolute atomic E-state index is 13.1. The summed E-state index contributed by atoms with van der Waals surface area (Å²) in [7, 11) is 1.55. The highest BCUT2D eigenvalue weighted by Crippen LogP contribution is 2.43. The molecule has 0 aliphatic heterocycles. The van der Waals surface area contributed by atoms with E-state index in [-0.39, 0.29) is 19.1 Å². The number of unbranched alkanes of at least 4 members (excludes halogenated alkanes) is 41. The minimum absolute atomic E-state index is 0.0526. The number of hydrogen-bond acceptors (Lipinski definition) is 5. The van der Waals surface area contributed by atoms with Gasteiger partial charge in [0.1, 0.15) is 13.2 Å². The van der Waals surface area contributed by atoms with E-state index >= 15 is 0 Å². The smallest absolute Gasteiger partial charge is 0.387 e. The van der Waals surface area contributed by atoms with Crippen LogP contribution in [0.5, 0.6) is 0 Å². The van der Waals surface area contributed by atoms with E-state index in [4.69, 9.17) is 9.05 Å². The number of allylic oxidation sites excluding steroid dienone is 15. The number of phosphoric acid groups is 1. The van der Waals surface area contributed by atoms with E-state index in [1.54, 1.807) is 6.08 Å². The largest absolute Gasteiger partial charge is 0.472 e. The Bertz CT molecular complexity index is 1740. The molecule has 3 N–H and O–H groups in total. The summed E-state index contributed by atoms with van der Waals surface area (Å²) in [6.07, 6.45) is 98.7. The third kappa shape index (κ3) is 70.7. The number of quaternary nitrogens is 1. The highest BCUT2D eigenvalue weighted by molar-refractivity contribution is 7.47.